The Labute approximate surface area is 112 Å². The van der Waals surface area contributed by atoms with Gasteiger partial charge in [-0.3, -0.25) is 4.79 Å². The maximum atomic E-state index is 11.7. The van der Waals surface area contributed by atoms with Crippen molar-refractivity contribution in [2.24, 2.45) is 5.92 Å². The van der Waals surface area contributed by atoms with Gasteiger partial charge in [0.25, 0.3) is 0 Å². The highest BCUT2D eigenvalue weighted by Gasteiger charge is 2.16. The number of hydrogen-bond donors (Lipinski definition) is 1. The van der Waals surface area contributed by atoms with Crippen molar-refractivity contribution in [3.8, 4) is 6.07 Å². The van der Waals surface area contributed by atoms with Crippen LogP contribution in [0.15, 0.2) is 24.3 Å². The molecule has 1 aliphatic rings. The van der Waals surface area contributed by atoms with Crippen LogP contribution in [0, 0.1) is 17.2 Å². The topological polar surface area (TPSA) is 71.4 Å². The molecule has 1 heterocycles. The molecule has 5 heteroatoms. The van der Waals surface area contributed by atoms with E-state index < -0.39 is 0 Å². The number of carbonyl (C=O) groups is 1. The van der Waals surface area contributed by atoms with Crippen molar-refractivity contribution in [2.75, 3.05) is 31.7 Å². The Morgan fingerprint density at radius 1 is 1.53 bits per heavy atom. The second-order valence-corrected chi connectivity index (χ2v) is 4.45. The van der Waals surface area contributed by atoms with Crippen LogP contribution in [0.2, 0.25) is 0 Å². The molecule has 1 aromatic rings. The van der Waals surface area contributed by atoms with Crippen LogP contribution in [0.5, 0.6) is 0 Å². The van der Waals surface area contributed by atoms with Gasteiger partial charge in [-0.1, -0.05) is 12.1 Å². The molecule has 100 valence electrons. The Hall–Kier alpha value is -1.90. The van der Waals surface area contributed by atoms with Gasteiger partial charge in [-0.15, -0.1) is 0 Å². The van der Waals surface area contributed by atoms with E-state index >= 15 is 0 Å². The first-order valence-corrected chi connectivity index (χ1v) is 6.24. The molecule has 1 aliphatic heterocycles. The van der Waals surface area contributed by atoms with Crippen LogP contribution < -0.4 is 5.32 Å². The summed E-state index contributed by atoms with van der Waals surface area (Å²) < 4.78 is 10.6. The van der Waals surface area contributed by atoms with E-state index in [-0.39, 0.29) is 12.5 Å². The second kappa shape index (κ2) is 6.88. The molecule has 0 bridgehead atoms. The molecule has 5 nitrogen and oxygen atoms in total. The van der Waals surface area contributed by atoms with Gasteiger partial charge >= 0.3 is 0 Å². The normalized spacial score (nSPS) is 17.9. The Morgan fingerprint density at radius 2 is 2.37 bits per heavy atom. The maximum absolute atomic E-state index is 11.7. The highest BCUT2D eigenvalue weighted by molar-refractivity contribution is 5.92. The third-order valence-electron chi connectivity index (χ3n) is 2.93. The summed E-state index contributed by atoms with van der Waals surface area (Å²) in [6.07, 6.45) is 0.985. The number of rotatable bonds is 5. The number of para-hydroxylation sites is 1. The second-order valence-electron chi connectivity index (χ2n) is 4.45. The first-order valence-electron chi connectivity index (χ1n) is 6.24. The number of hydrogen-bond acceptors (Lipinski definition) is 4. The van der Waals surface area contributed by atoms with E-state index in [9.17, 15) is 4.79 Å². The lowest BCUT2D eigenvalue weighted by molar-refractivity contribution is -0.121. The molecule has 0 saturated carbocycles. The van der Waals surface area contributed by atoms with Gasteiger partial charge in [0.1, 0.15) is 12.7 Å². The van der Waals surface area contributed by atoms with E-state index in [1.165, 1.54) is 0 Å². The average Bonchev–Trinajstić information content (AvgIpc) is 2.92. The van der Waals surface area contributed by atoms with Crippen molar-refractivity contribution < 1.29 is 14.3 Å². The molecule has 1 unspecified atom stereocenters. The molecule has 0 aliphatic carbocycles. The fourth-order valence-corrected chi connectivity index (χ4v) is 1.91. The number of nitrogens with one attached hydrogen (secondary N) is 1. The minimum absolute atomic E-state index is 0.00371. The molecule has 0 aromatic heterocycles. The van der Waals surface area contributed by atoms with E-state index in [2.05, 4.69) is 5.32 Å². The maximum Gasteiger partial charge on any atom is 0.250 e. The van der Waals surface area contributed by atoms with Gasteiger partial charge in [0.15, 0.2) is 0 Å². The van der Waals surface area contributed by atoms with Crippen LogP contribution in [0.4, 0.5) is 5.69 Å². The van der Waals surface area contributed by atoms with Crippen molar-refractivity contribution in [1.29, 1.82) is 5.26 Å². The minimum Gasteiger partial charge on any atom is -0.381 e. The van der Waals surface area contributed by atoms with Crippen LogP contribution >= 0.6 is 0 Å². The zero-order chi connectivity index (χ0) is 13.5. The predicted molar refractivity (Wildman–Crippen MR) is 69.5 cm³/mol. The highest BCUT2D eigenvalue weighted by atomic mass is 16.5. The summed E-state index contributed by atoms with van der Waals surface area (Å²) in [5.74, 6) is 0.140. The Bertz CT molecular complexity index is 476. The smallest absolute Gasteiger partial charge is 0.250 e. The molecular weight excluding hydrogens is 244 g/mol. The molecular formula is C14H16N2O3. The number of amides is 1. The van der Waals surface area contributed by atoms with Gasteiger partial charge in [0, 0.05) is 12.5 Å². The quantitative estimate of drug-likeness (QED) is 0.872. The molecule has 2 rings (SSSR count). The minimum atomic E-state index is -0.249. The van der Waals surface area contributed by atoms with E-state index in [1.807, 2.05) is 6.07 Å². The summed E-state index contributed by atoms with van der Waals surface area (Å²) in [6.45, 7) is 2.01. The largest absolute Gasteiger partial charge is 0.381 e. The standard InChI is InChI=1S/C14H16N2O3/c15-7-12-3-1-2-4-13(12)16-14(17)10-19-9-11-5-6-18-8-11/h1-4,11H,5-6,8-10H2,(H,16,17). The molecule has 1 fully saturated rings. The summed E-state index contributed by atoms with van der Waals surface area (Å²) in [4.78, 5) is 11.7. The number of anilines is 1. The fraction of sp³-hybridized carbons (Fsp3) is 0.429. The van der Waals surface area contributed by atoms with Crippen molar-refractivity contribution in [1.82, 2.24) is 0 Å². The van der Waals surface area contributed by atoms with Gasteiger partial charge in [-0.25, -0.2) is 0 Å². The predicted octanol–water partition coefficient (Wildman–Crippen LogP) is 1.55. The number of benzene rings is 1. The van der Waals surface area contributed by atoms with E-state index in [4.69, 9.17) is 14.7 Å². The van der Waals surface area contributed by atoms with Crippen LogP contribution in [0.25, 0.3) is 0 Å². The van der Waals surface area contributed by atoms with E-state index in [0.717, 1.165) is 13.0 Å². The van der Waals surface area contributed by atoms with Gasteiger partial charge < -0.3 is 14.8 Å². The average molecular weight is 260 g/mol. The highest BCUT2D eigenvalue weighted by Crippen LogP contribution is 2.14. The van der Waals surface area contributed by atoms with Gasteiger partial charge in [0.2, 0.25) is 5.91 Å². The van der Waals surface area contributed by atoms with Gasteiger partial charge in [-0.2, -0.15) is 5.26 Å². The summed E-state index contributed by atoms with van der Waals surface area (Å²) in [7, 11) is 0. The summed E-state index contributed by atoms with van der Waals surface area (Å²) >= 11 is 0. The van der Waals surface area contributed by atoms with Crippen molar-refractivity contribution in [2.45, 2.75) is 6.42 Å². The van der Waals surface area contributed by atoms with Gasteiger partial charge in [0.05, 0.1) is 24.5 Å². The zero-order valence-corrected chi connectivity index (χ0v) is 10.6. The van der Waals surface area contributed by atoms with Crippen LogP contribution in [-0.4, -0.2) is 32.3 Å². The van der Waals surface area contributed by atoms with Crippen molar-refractivity contribution >= 4 is 11.6 Å². The number of nitriles is 1. The summed E-state index contributed by atoms with van der Waals surface area (Å²) in [6, 6.07) is 8.91. The van der Waals surface area contributed by atoms with Crippen LogP contribution in [0.1, 0.15) is 12.0 Å². The SMILES string of the molecule is N#Cc1ccccc1NC(=O)COCC1CCOC1. The third-order valence-corrected chi connectivity index (χ3v) is 2.93. The lowest BCUT2D eigenvalue weighted by atomic mass is 10.1. The lowest BCUT2D eigenvalue weighted by Crippen LogP contribution is -2.21. The lowest BCUT2D eigenvalue weighted by Gasteiger charge is -2.09. The van der Waals surface area contributed by atoms with Crippen LogP contribution in [0.3, 0.4) is 0 Å². The zero-order valence-electron chi connectivity index (χ0n) is 10.6. The third kappa shape index (κ3) is 4.05. The molecule has 0 radical (unpaired) electrons. The molecule has 1 aromatic carbocycles. The molecule has 1 saturated heterocycles. The summed E-state index contributed by atoms with van der Waals surface area (Å²) in [5.41, 5.74) is 0.961. The van der Waals surface area contributed by atoms with Crippen molar-refractivity contribution in [3.63, 3.8) is 0 Å². The summed E-state index contributed by atoms with van der Waals surface area (Å²) in [5, 5.41) is 11.6. The number of nitrogens with zero attached hydrogens (tertiary/aromatic N) is 1. The Kier molecular flexibility index (Phi) is 4.90. The monoisotopic (exact) mass is 260 g/mol. The van der Waals surface area contributed by atoms with Gasteiger partial charge in [-0.05, 0) is 18.6 Å². The first-order chi connectivity index (χ1) is 9.29. The number of carbonyl (C=O) groups excluding carboxylic acids is 1. The molecule has 19 heavy (non-hydrogen) atoms. The molecule has 1 atom stereocenters. The Balaban J connectivity index is 1.76. The fourth-order valence-electron chi connectivity index (χ4n) is 1.91. The molecule has 0 spiro atoms. The molecule has 1 N–H and O–H groups in total. The van der Waals surface area contributed by atoms with Crippen LogP contribution in [-0.2, 0) is 14.3 Å². The van der Waals surface area contributed by atoms with Crippen molar-refractivity contribution in [3.05, 3.63) is 29.8 Å². The van der Waals surface area contributed by atoms with E-state index in [0.29, 0.717) is 30.4 Å². The molecule has 1 amide bonds. The number of ether oxygens (including phenoxy) is 2. The first kappa shape index (κ1) is 13.5. The van der Waals surface area contributed by atoms with E-state index in [1.54, 1.807) is 24.3 Å². The Morgan fingerprint density at radius 3 is 3.11 bits per heavy atom.